The van der Waals surface area contributed by atoms with E-state index in [1.165, 1.54) is 0 Å². The molecule has 1 N–H and O–H groups in total. The Kier molecular flexibility index (Phi) is 4.60. The van der Waals surface area contributed by atoms with Gasteiger partial charge in [0.25, 0.3) is 0 Å². The molecule has 110 valence electrons. The molecular weight excluding hydrogens is 258 g/mol. The van der Waals surface area contributed by atoms with Gasteiger partial charge in [-0.2, -0.15) is 0 Å². The Bertz CT molecular complexity index is 489. The topological polar surface area (TPSA) is 74.0 Å². The highest BCUT2D eigenvalue weighted by molar-refractivity contribution is 5.80. The summed E-state index contributed by atoms with van der Waals surface area (Å²) in [5.74, 6) is 1.73. The molecule has 1 aromatic heterocycles. The second kappa shape index (κ2) is 6.40. The van der Waals surface area contributed by atoms with Crippen LogP contribution in [0.4, 0.5) is 0 Å². The van der Waals surface area contributed by atoms with E-state index in [1.807, 2.05) is 17.9 Å². The lowest BCUT2D eigenvalue weighted by Crippen LogP contribution is -2.53. The molecule has 0 atom stereocenters. The first-order valence-corrected chi connectivity index (χ1v) is 6.73. The minimum Gasteiger partial charge on any atom is -0.359 e. The summed E-state index contributed by atoms with van der Waals surface area (Å²) in [6.07, 6.45) is 0. The molecule has 1 aliphatic heterocycles. The first-order chi connectivity index (χ1) is 9.60. The van der Waals surface area contributed by atoms with Gasteiger partial charge in [0.05, 0.1) is 12.2 Å². The third kappa shape index (κ3) is 3.49. The molecule has 1 saturated heterocycles. The highest BCUT2D eigenvalue weighted by Gasteiger charge is 2.20. The predicted molar refractivity (Wildman–Crippen MR) is 75.3 cm³/mol. The number of carbonyl (C=O) groups is 1. The summed E-state index contributed by atoms with van der Waals surface area (Å²) in [5.41, 5.74) is 0.867. The van der Waals surface area contributed by atoms with Crippen LogP contribution in [0.2, 0.25) is 0 Å². The van der Waals surface area contributed by atoms with Crippen molar-refractivity contribution in [3.63, 3.8) is 0 Å². The molecule has 0 unspecified atom stereocenters. The molecule has 0 radical (unpaired) electrons. The fourth-order valence-corrected chi connectivity index (χ4v) is 2.23. The second-order valence-corrected chi connectivity index (χ2v) is 4.83. The van der Waals surface area contributed by atoms with E-state index >= 15 is 0 Å². The summed E-state index contributed by atoms with van der Waals surface area (Å²) in [5, 5.41) is 7.10. The van der Waals surface area contributed by atoms with Gasteiger partial charge in [-0.05, 0) is 6.92 Å². The fourth-order valence-electron chi connectivity index (χ4n) is 2.23. The van der Waals surface area contributed by atoms with Gasteiger partial charge in [-0.25, -0.2) is 0 Å². The number of guanidine groups is 1. The molecule has 0 saturated carbocycles. The Labute approximate surface area is 118 Å². The Morgan fingerprint density at radius 2 is 2.05 bits per heavy atom. The summed E-state index contributed by atoms with van der Waals surface area (Å²) in [4.78, 5) is 19.6. The van der Waals surface area contributed by atoms with E-state index in [1.54, 1.807) is 14.0 Å². The Morgan fingerprint density at radius 3 is 2.55 bits per heavy atom. The van der Waals surface area contributed by atoms with Gasteiger partial charge >= 0.3 is 0 Å². The number of rotatable bonds is 2. The van der Waals surface area contributed by atoms with Gasteiger partial charge < -0.3 is 19.6 Å². The van der Waals surface area contributed by atoms with Gasteiger partial charge in [0.15, 0.2) is 11.7 Å². The molecule has 1 fully saturated rings. The van der Waals surface area contributed by atoms with Gasteiger partial charge in [0.1, 0.15) is 0 Å². The van der Waals surface area contributed by atoms with Crippen molar-refractivity contribution in [3.05, 3.63) is 17.5 Å². The Morgan fingerprint density at radius 1 is 1.40 bits per heavy atom. The van der Waals surface area contributed by atoms with Crippen molar-refractivity contribution in [3.8, 4) is 0 Å². The lowest BCUT2D eigenvalue weighted by molar-refractivity contribution is -0.130. The van der Waals surface area contributed by atoms with E-state index in [4.69, 9.17) is 4.52 Å². The number of aliphatic imine (C=N–C) groups is 1. The van der Waals surface area contributed by atoms with Crippen LogP contribution in [0.25, 0.3) is 0 Å². The van der Waals surface area contributed by atoms with Crippen LogP contribution in [-0.4, -0.2) is 60.0 Å². The molecule has 1 amide bonds. The van der Waals surface area contributed by atoms with Crippen molar-refractivity contribution < 1.29 is 9.32 Å². The number of nitrogens with zero attached hydrogens (tertiary/aromatic N) is 4. The standard InChI is InChI=1S/C13H21N5O2/c1-10-8-12(20-16-10)9-15-13(14-3)18-6-4-17(5-7-18)11(2)19/h8H,4-7,9H2,1-3H3,(H,14,15). The first kappa shape index (κ1) is 14.4. The fraction of sp³-hybridized carbons (Fsp3) is 0.615. The number of hydrogen-bond donors (Lipinski definition) is 1. The zero-order valence-corrected chi connectivity index (χ0v) is 12.2. The minimum atomic E-state index is 0.129. The summed E-state index contributed by atoms with van der Waals surface area (Å²) in [6, 6.07) is 1.90. The molecule has 1 aliphatic rings. The van der Waals surface area contributed by atoms with Crippen molar-refractivity contribution in [2.24, 2.45) is 4.99 Å². The predicted octanol–water partition coefficient (Wildman–Crippen LogP) is 0.223. The summed E-state index contributed by atoms with van der Waals surface area (Å²) in [6.45, 7) is 7.09. The molecule has 2 heterocycles. The first-order valence-electron chi connectivity index (χ1n) is 6.73. The van der Waals surface area contributed by atoms with Gasteiger partial charge in [-0.3, -0.25) is 9.79 Å². The maximum Gasteiger partial charge on any atom is 0.219 e. The minimum absolute atomic E-state index is 0.129. The van der Waals surface area contributed by atoms with Crippen molar-refractivity contribution in [1.82, 2.24) is 20.3 Å². The number of nitrogens with one attached hydrogen (secondary N) is 1. The van der Waals surface area contributed by atoms with Gasteiger partial charge in [-0.1, -0.05) is 5.16 Å². The molecule has 20 heavy (non-hydrogen) atoms. The maximum absolute atomic E-state index is 11.3. The highest BCUT2D eigenvalue weighted by atomic mass is 16.5. The lowest BCUT2D eigenvalue weighted by Gasteiger charge is -2.35. The zero-order valence-electron chi connectivity index (χ0n) is 12.2. The maximum atomic E-state index is 11.3. The van der Waals surface area contributed by atoms with Crippen molar-refractivity contribution in [2.45, 2.75) is 20.4 Å². The van der Waals surface area contributed by atoms with Crippen LogP contribution in [0.5, 0.6) is 0 Å². The summed E-state index contributed by atoms with van der Waals surface area (Å²) >= 11 is 0. The molecule has 7 nitrogen and oxygen atoms in total. The normalized spacial score (nSPS) is 16.4. The number of piperazine rings is 1. The molecular formula is C13H21N5O2. The summed E-state index contributed by atoms with van der Waals surface area (Å²) < 4.78 is 5.16. The van der Waals surface area contributed by atoms with Crippen LogP contribution in [0.3, 0.4) is 0 Å². The molecule has 0 aliphatic carbocycles. The lowest BCUT2D eigenvalue weighted by atomic mass is 10.3. The number of aromatic nitrogens is 1. The molecule has 1 aromatic rings. The van der Waals surface area contributed by atoms with E-state index in [0.29, 0.717) is 6.54 Å². The molecule has 0 aromatic carbocycles. The van der Waals surface area contributed by atoms with Crippen LogP contribution in [0, 0.1) is 6.92 Å². The molecule has 0 bridgehead atoms. The van der Waals surface area contributed by atoms with Gasteiger partial charge in [0.2, 0.25) is 5.91 Å². The average molecular weight is 279 g/mol. The highest BCUT2D eigenvalue weighted by Crippen LogP contribution is 2.04. The average Bonchev–Trinajstić information content (AvgIpc) is 2.86. The van der Waals surface area contributed by atoms with Crippen molar-refractivity contribution in [1.29, 1.82) is 0 Å². The Hall–Kier alpha value is -2.05. The van der Waals surface area contributed by atoms with Gasteiger partial charge in [0, 0.05) is 46.2 Å². The monoisotopic (exact) mass is 279 g/mol. The van der Waals surface area contributed by atoms with Crippen LogP contribution in [0.15, 0.2) is 15.6 Å². The van der Waals surface area contributed by atoms with Crippen LogP contribution in [-0.2, 0) is 11.3 Å². The number of carbonyl (C=O) groups excluding carboxylic acids is 1. The van der Waals surface area contributed by atoms with Crippen LogP contribution >= 0.6 is 0 Å². The SMILES string of the molecule is CN=C(NCc1cc(C)no1)N1CCN(C(C)=O)CC1. The van der Waals surface area contributed by atoms with Crippen molar-refractivity contribution in [2.75, 3.05) is 33.2 Å². The quantitative estimate of drug-likeness (QED) is 0.619. The molecule has 2 rings (SSSR count). The van der Waals surface area contributed by atoms with Crippen LogP contribution in [0.1, 0.15) is 18.4 Å². The molecule has 0 spiro atoms. The number of amides is 1. The van der Waals surface area contributed by atoms with E-state index in [0.717, 1.165) is 43.6 Å². The largest absolute Gasteiger partial charge is 0.359 e. The van der Waals surface area contributed by atoms with Crippen molar-refractivity contribution >= 4 is 11.9 Å². The second-order valence-electron chi connectivity index (χ2n) is 4.83. The summed E-state index contributed by atoms with van der Waals surface area (Å²) in [7, 11) is 1.76. The molecule has 7 heteroatoms. The third-order valence-corrected chi connectivity index (χ3v) is 3.33. The van der Waals surface area contributed by atoms with Gasteiger partial charge in [-0.15, -0.1) is 0 Å². The van der Waals surface area contributed by atoms with E-state index in [2.05, 4.69) is 20.4 Å². The third-order valence-electron chi connectivity index (χ3n) is 3.33. The number of hydrogen-bond acceptors (Lipinski definition) is 4. The van der Waals surface area contributed by atoms with E-state index in [9.17, 15) is 4.79 Å². The van der Waals surface area contributed by atoms with Crippen LogP contribution < -0.4 is 5.32 Å². The van der Waals surface area contributed by atoms with E-state index < -0.39 is 0 Å². The smallest absolute Gasteiger partial charge is 0.219 e. The van der Waals surface area contributed by atoms with E-state index in [-0.39, 0.29) is 5.91 Å². The zero-order chi connectivity index (χ0) is 14.5. The number of aryl methyl sites for hydroxylation is 1. The Balaban J connectivity index is 1.85.